The molecule has 1 fully saturated rings. The Balaban J connectivity index is 1.75. The van der Waals surface area contributed by atoms with Gasteiger partial charge in [-0.15, -0.1) is 0 Å². The Hall–Kier alpha value is -3.34. The molecule has 0 unspecified atom stereocenters. The molecule has 0 atom stereocenters. The van der Waals surface area contributed by atoms with Crippen LogP contribution in [0.15, 0.2) is 49.2 Å². The maximum absolute atomic E-state index is 12.5. The minimum atomic E-state index is -0.623. The van der Waals surface area contributed by atoms with Crippen LogP contribution in [0.25, 0.3) is 11.5 Å². The maximum atomic E-state index is 12.5. The van der Waals surface area contributed by atoms with E-state index in [0.717, 1.165) is 17.4 Å². The van der Waals surface area contributed by atoms with E-state index in [-0.39, 0.29) is 18.2 Å². The molecule has 8 nitrogen and oxygen atoms in total. The third kappa shape index (κ3) is 2.36. The van der Waals surface area contributed by atoms with Crippen LogP contribution in [-0.4, -0.2) is 14.3 Å². The predicted molar refractivity (Wildman–Crippen MR) is 81.3 cm³/mol. The van der Waals surface area contributed by atoms with Crippen molar-refractivity contribution in [2.75, 3.05) is 0 Å². The molecular formula is C16H12N4O4. The van der Waals surface area contributed by atoms with Crippen molar-refractivity contribution in [3.05, 3.63) is 62.8 Å². The number of hydrogen-bond donors (Lipinski definition) is 0. The molecule has 0 N–H and O–H groups in total. The van der Waals surface area contributed by atoms with Crippen LogP contribution in [0.2, 0.25) is 0 Å². The predicted octanol–water partition coefficient (Wildman–Crippen LogP) is 1.51. The first-order chi connectivity index (χ1) is 11.7. The summed E-state index contributed by atoms with van der Waals surface area (Å²) in [5.74, 6) is 0.907. The first-order valence-electron chi connectivity index (χ1n) is 7.43. The quantitative estimate of drug-likeness (QED) is 0.720. The molecule has 3 aromatic heterocycles. The molecule has 4 rings (SSSR count). The third-order valence-electron chi connectivity index (χ3n) is 3.90. The van der Waals surface area contributed by atoms with Crippen molar-refractivity contribution in [1.82, 2.24) is 14.3 Å². The minimum absolute atomic E-state index is 0.0590. The van der Waals surface area contributed by atoms with Crippen LogP contribution < -0.4 is 11.2 Å². The maximum Gasteiger partial charge on any atom is 0.331 e. The number of rotatable bonds is 4. The normalized spacial score (nSPS) is 13.8. The summed E-state index contributed by atoms with van der Waals surface area (Å²) in [5, 5.41) is 13.0. The second-order valence-corrected chi connectivity index (χ2v) is 5.63. The molecule has 0 aliphatic heterocycles. The van der Waals surface area contributed by atoms with Gasteiger partial charge in [0.15, 0.2) is 5.76 Å². The third-order valence-corrected chi connectivity index (χ3v) is 3.90. The summed E-state index contributed by atoms with van der Waals surface area (Å²) >= 11 is 0. The first-order valence-corrected chi connectivity index (χ1v) is 7.43. The molecule has 3 heterocycles. The van der Waals surface area contributed by atoms with Crippen LogP contribution in [0, 0.1) is 11.3 Å². The lowest BCUT2D eigenvalue weighted by atomic mass is 10.3. The van der Waals surface area contributed by atoms with Crippen molar-refractivity contribution in [2.24, 2.45) is 0 Å². The Kier molecular flexibility index (Phi) is 3.20. The van der Waals surface area contributed by atoms with E-state index in [9.17, 15) is 9.59 Å². The van der Waals surface area contributed by atoms with Gasteiger partial charge in [-0.1, -0.05) is 5.16 Å². The number of hydrogen-bond acceptors (Lipinski definition) is 6. The summed E-state index contributed by atoms with van der Waals surface area (Å²) in [4.78, 5) is 24.8. The summed E-state index contributed by atoms with van der Waals surface area (Å²) in [5.41, 5.74) is -0.722. The fourth-order valence-electron chi connectivity index (χ4n) is 2.53. The average Bonchev–Trinajstić information content (AvgIpc) is 3.09. The lowest BCUT2D eigenvalue weighted by Gasteiger charge is -2.08. The van der Waals surface area contributed by atoms with Crippen molar-refractivity contribution >= 4 is 0 Å². The standard InChI is InChI=1S/C16H12N4O4/c17-7-10-8-19(12-3-4-12)16(22)20(15(10)21)9-11-6-14(24-18-11)13-2-1-5-23-13/h1-2,5-6,8,12H,3-4,9H2. The van der Waals surface area contributed by atoms with Crippen LogP contribution >= 0.6 is 0 Å². The number of furan rings is 1. The molecule has 0 radical (unpaired) electrons. The number of nitriles is 1. The zero-order valence-corrected chi connectivity index (χ0v) is 12.5. The highest BCUT2D eigenvalue weighted by Crippen LogP contribution is 2.33. The summed E-state index contributed by atoms with van der Waals surface area (Å²) in [6, 6.07) is 6.94. The van der Waals surface area contributed by atoms with Gasteiger partial charge in [-0.3, -0.25) is 13.9 Å². The Morgan fingerprint density at radius 1 is 1.33 bits per heavy atom. The van der Waals surface area contributed by atoms with E-state index in [1.807, 2.05) is 6.07 Å². The molecule has 1 aliphatic rings. The van der Waals surface area contributed by atoms with Gasteiger partial charge in [-0.25, -0.2) is 4.79 Å². The molecule has 8 heteroatoms. The van der Waals surface area contributed by atoms with Gasteiger partial charge in [0.25, 0.3) is 5.56 Å². The molecular weight excluding hydrogens is 312 g/mol. The van der Waals surface area contributed by atoms with Gasteiger partial charge in [0.2, 0.25) is 5.76 Å². The number of aromatic nitrogens is 3. The highest BCUT2D eigenvalue weighted by molar-refractivity contribution is 5.49. The molecule has 24 heavy (non-hydrogen) atoms. The number of nitrogens with zero attached hydrogens (tertiary/aromatic N) is 4. The van der Waals surface area contributed by atoms with Crippen LogP contribution in [-0.2, 0) is 6.54 Å². The minimum Gasteiger partial charge on any atom is -0.461 e. The van der Waals surface area contributed by atoms with Gasteiger partial charge in [0.1, 0.15) is 17.3 Å². The molecule has 1 aliphatic carbocycles. The van der Waals surface area contributed by atoms with Crippen LogP contribution in [0.3, 0.4) is 0 Å². The molecule has 120 valence electrons. The molecule has 0 bridgehead atoms. The molecule has 3 aromatic rings. The monoisotopic (exact) mass is 324 g/mol. The Morgan fingerprint density at radius 2 is 2.17 bits per heavy atom. The van der Waals surface area contributed by atoms with Crippen LogP contribution in [0.5, 0.6) is 0 Å². The largest absolute Gasteiger partial charge is 0.461 e. The van der Waals surface area contributed by atoms with E-state index in [0.29, 0.717) is 17.2 Å². The smallest absolute Gasteiger partial charge is 0.331 e. The van der Waals surface area contributed by atoms with E-state index >= 15 is 0 Å². The van der Waals surface area contributed by atoms with Crippen molar-refractivity contribution < 1.29 is 8.94 Å². The molecule has 0 aromatic carbocycles. The van der Waals surface area contributed by atoms with Gasteiger partial charge < -0.3 is 8.94 Å². The Labute approximate surface area is 135 Å². The van der Waals surface area contributed by atoms with Crippen molar-refractivity contribution in [3.8, 4) is 17.6 Å². The molecule has 0 spiro atoms. The Bertz CT molecular complexity index is 1050. The van der Waals surface area contributed by atoms with Gasteiger partial charge in [0.05, 0.1) is 12.8 Å². The summed E-state index contributed by atoms with van der Waals surface area (Å²) in [6.07, 6.45) is 4.59. The van der Waals surface area contributed by atoms with E-state index in [2.05, 4.69) is 5.16 Å². The molecule has 0 saturated heterocycles. The fourth-order valence-corrected chi connectivity index (χ4v) is 2.53. The first kappa shape index (κ1) is 14.3. The Morgan fingerprint density at radius 3 is 2.83 bits per heavy atom. The molecule has 1 saturated carbocycles. The van der Waals surface area contributed by atoms with Crippen molar-refractivity contribution in [2.45, 2.75) is 25.4 Å². The zero-order chi connectivity index (χ0) is 16.7. The van der Waals surface area contributed by atoms with Gasteiger partial charge in [0, 0.05) is 18.3 Å². The summed E-state index contributed by atoms with van der Waals surface area (Å²) in [7, 11) is 0. The highest BCUT2D eigenvalue weighted by Gasteiger charge is 2.27. The SMILES string of the molecule is N#Cc1cn(C2CC2)c(=O)n(Cc2cc(-c3ccco3)on2)c1=O. The van der Waals surface area contributed by atoms with Crippen LogP contribution in [0.4, 0.5) is 0 Å². The summed E-state index contributed by atoms with van der Waals surface area (Å²) < 4.78 is 12.9. The van der Waals surface area contributed by atoms with E-state index < -0.39 is 11.2 Å². The van der Waals surface area contributed by atoms with Gasteiger partial charge in [-0.2, -0.15) is 5.26 Å². The lowest BCUT2D eigenvalue weighted by molar-refractivity contribution is 0.407. The molecule has 0 amide bonds. The average molecular weight is 324 g/mol. The van der Waals surface area contributed by atoms with E-state index in [4.69, 9.17) is 14.2 Å². The highest BCUT2D eigenvalue weighted by atomic mass is 16.5. The van der Waals surface area contributed by atoms with Crippen molar-refractivity contribution in [3.63, 3.8) is 0 Å². The lowest BCUT2D eigenvalue weighted by Crippen LogP contribution is -2.41. The van der Waals surface area contributed by atoms with Crippen molar-refractivity contribution in [1.29, 1.82) is 5.26 Å². The second-order valence-electron chi connectivity index (χ2n) is 5.63. The second kappa shape index (κ2) is 5.38. The van der Waals surface area contributed by atoms with E-state index in [1.165, 1.54) is 17.0 Å². The summed E-state index contributed by atoms with van der Waals surface area (Å²) in [6.45, 7) is -0.0654. The fraction of sp³-hybridized carbons (Fsp3) is 0.250. The van der Waals surface area contributed by atoms with Crippen LogP contribution in [0.1, 0.15) is 30.1 Å². The van der Waals surface area contributed by atoms with Gasteiger partial charge >= 0.3 is 5.69 Å². The topological polar surface area (TPSA) is 107 Å². The zero-order valence-electron chi connectivity index (χ0n) is 12.5. The van der Waals surface area contributed by atoms with E-state index in [1.54, 1.807) is 18.2 Å². The van der Waals surface area contributed by atoms with Gasteiger partial charge in [-0.05, 0) is 25.0 Å².